The fraction of sp³-hybridized carbons (Fsp3) is 0.222. The molecule has 1 aromatic heterocycles. The summed E-state index contributed by atoms with van der Waals surface area (Å²) in [5.41, 5.74) is -2.54. The molecule has 0 radical (unpaired) electrons. The lowest BCUT2D eigenvalue weighted by molar-refractivity contribution is -0.138. The minimum absolute atomic E-state index is 0.0410. The number of nitrogens with zero attached hydrogens (tertiary/aromatic N) is 4. The number of benzene rings is 1. The molecule has 0 spiro atoms. The third-order valence-corrected chi connectivity index (χ3v) is 4.76. The smallest absolute Gasteiger partial charge is 0.417 e. The number of carboxylic acid groups (broad SMARTS) is 1. The van der Waals surface area contributed by atoms with E-state index in [1.165, 1.54) is 0 Å². The van der Waals surface area contributed by atoms with Crippen LogP contribution in [0.25, 0.3) is 0 Å². The molecule has 2 aromatic rings. The molecule has 0 atom stereocenters. The van der Waals surface area contributed by atoms with Crippen molar-refractivity contribution >= 4 is 35.1 Å². The molecule has 0 unspecified atom stereocenters. The van der Waals surface area contributed by atoms with Gasteiger partial charge in [0.15, 0.2) is 11.7 Å². The van der Waals surface area contributed by atoms with Crippen molar-refractivity contribution in [3.8, 4) is 0 Å². The monoisotopic (exact) mass is 460 g/mol. The number of halogens is 5. The zero-order valence-corrected chi connectivity index (χ0v) is 16.2. The normalized spacial score (nSPS) is 15.4. The summed E-state index contributed by atoms with van der Waals surface area (Å²) in [6, 6.07) is 3.38. The summed E-state index contributed by atoms with van der Waals surface area (Å²) in [5, 5.41) is 21.0. The van der Waals surface area contributed by atoms with Crippen LogP contribution in [0.5, 0.6) is 0 Å². The Bertz CT molecular complexity index is 1080. The molecular weight excluding hydrogens is 448 g/mol. The van der Waals surface area contributed by atoms with Gasteiger partial charge >= 0.3 is 12.1 Å². The van der Waals surface area contributed by atoms with Gasteiger partial charge in [0.2, 0.25) is 5.91 Å². The number of rotatable bonds is 3. The number of piperazine rings is 1. The predicted octanol–water partition coefficient (Wildman–Crippen LogP) is 3.08. The van der Waals surface area contributed by atoms with Crippen LogP contribution in [0.3, 0.4) is 0 Å². The number of hydrogen-bond donors (Lipinski definition) is 2. The van der Waals surface area contributed by atoms with Crippen LogP contribution in [0, 0.1) is 5.82 Å². The zero-order valence-electron chi connectivity index (χ0n) is 15.4. The summed E-state index contributed by atoms with van der Waals surface area (Å²) in [4.78, 5) is 29.6. The van der Waals surface area contributed by atoms with Crippen molar-refractivity contribution in [2.45, 2.75) is 6.18 Å². The van der Waals surface area contributed by atoms with Crippen LogP contribution in [-0.4, -0.2) is 57.5 Å². The number of anilines is 1. The summed E-state index contributed by atoms with van der Waals surface area (Å²) in [7, 11) is 0. The number of amides is 1. The molecule has 3 rings (SSSR count). The first-order chi connectivity index (χ1) is 14.5. The topological polar surface area (TPSA) is 106 Å². The van der Waals surface area contributed by atoms with Gasteiger partial charge in [-0.05, 0) is 18.2 Å². The molecule has 1 aliphatic heterocycles. The second-order valence-electron chi connectivity index (χ2n) is 6.39. The number of carboxylic acids is 1. The Morgan fingerprint density at radius 3 is 2.52 bits per heavy atom. The fourth-order valence-corrected chi connectivity index (χ4v) is 3.35. The molecule has 1 fully saturated rings. The Balaban J connectivity index is 1.89. The minimum atomic E-state index is -4.93. The number of aromatic carboxylic acids is 1. The van der Waals surface area contributed by atoms with Crippen molar-refractivity contribution < 1.29 is 37.5 Å². The van der Waals surface area contributed by atoms with E-state index in [4.69, 9.17) is 16.7 Å². The van der Waals surface area contributed by atoms with Crippen molar-refractivity contribution in [1.82, 2.24) is 9.88 Å². The molecule has 1 aromatic carbocycles. The summed E-state index contributed by atoms with van der Waals surface area (Å²) in [6.07, 6.45) is -3.93. The Morgan fingerprint density at radius 1 is 1.26 bits per heavy atom. The molecule has 164 valence electrons. The van der Waals surface area contributed by atoms with E-state index in [0.717, 1.165) is 34.2 Å². The van der Waals surface area contributed by atoms with Gasteiger partial charge in [-0.2, -0.15) is 13.2 Å². The molecule has 0 aliphatic carbocycles. The molecule has 0 bridgehead atoms. The second-order valence-corrected chi connectivity index (χ2v) is 6.79. The van der Waals surface area contributed by atoms with Gasteiger partial charge in [-0.3, -0.25) is 9.69 Å². The second kappa shape index (κ2) is 8.38. The van der Waals surface area contributed by atoms with Crippen LogP contribution in [0.15, 0.2) is 35.6 Å². The van der Waals surface area contributed by atoms with E-state index < -0.39 is 47.4 Å². The highest BCUT2D eigenvalue weighted by molar-refractivity contribution is 6.33. The highest BCUT2D eigenvalue weighted by atomic mass is 35.5. The van der Waals surface area contributed by atoms with Gasteiger partial charge in [0, 0.05) is 19.3 Å². The summed E-state index contributed by atoms with van der Waals surface area (Å²) < 4.78 is 54.3. The number of carbonyl (C=O) groups excluding carboxylic acids is 1. The van der Waals surface area contributed by atoms with Gasteiger partial charge in [0.25, 0.3) is 0 Å². The van der Waals surface area contributed by atoms with Crippen LogP contribution in [0.1, 0.15) is 21.5 Å². The third kappa shape index (κ3) is 4.38. The average Bonchev–Trinajstić information content (AvgIpc) is 2.69. The molecule has 1 aliphatic rings. The van der Waals surface area contributed by atoms with Crippen LogP contribution in [0.4, 0.5) is 23.4 Å². The van der Waals surface area contributed by atoms with Gasteiger partial charge in [0.1, 0.15) is 5.82 Å². The molecule has 0 saturated carbocycles. The van der Waals surface area contributed by atoms with Crippen molar-refractivity contribution in [2.75, 3.05) is 24.5 Å². The Morgan fingerprint density at radius 2 is 1.97 bits per heavy atom. The summed E-state index contributed by atoms with van der Waals surface area (Å²) >= 11 is 6.01. The summed E-state index contributed by atoms with van der Waals surface area (Å²) in [6.45, 7) is -0.855. The number of hydrogen-bond acceptors (Lipinski definition) is 5. The lowest BCUT2D eigenvalue weighted by atomic mass is 10.0. The Labute approximate surface area is 177 Å². The maximum Gasteiger partial charge on any atom is 0.417 e. The van der Waals surface area contributed by atoms with Gasteiger partial charge < -0.3 is 15.2 Å². The van der Waals surface area contributed by atoms with Crippen LogP contribution in [-0.2, 0) is 11.0 Å². The first-order valence-corrected chi connectivity index (χ1v) is 8.94. The number of amidine groups is 1. The largest absolute Gasteiger partial charge is 0.478 e. The van der Waals surface area contributed by atoms with E-state index in [2.05, 4.69) is 10.1 Å². The van der Waals surface area contributed by atoms with Crippen LogP contribution in [0.2, 0.25) is 5.02 Å². The summed E-state index contributed by atoms with van der Waals surface area (Å²) in [5.74, 6) is -4.02. The Kier molecular flexibility index (Phi) is 6.02. The van der Waals surface area contributed by atoms with Crippen molar-refractivity contribution in [3.63, 3.8) is 0 Å². The zero-order chi connectivity index (χ0) is 22.9. The van der Waals surface area contributed by atoms with Crippen molar-refractivity contribution in [3.05, 3.63) is 58.0 Å². The molecular formula is C18H13ClF4N4O4. The maximum absolute atomic E-state index is 14.3. The number of pyridine rings is 1. The lowest BCUT2D eigenvalue weighted by Crippen LogP contribution is -2.53. The molecule has 1 amide bonds. The predicted molar refractivity (Wildman–Crippen MR) is 99.9 cm³/mol. The lowest BCUT2D eigenvalue weighted by Gasteiger charge is -2.35. The van der Waals surface area contributed by atoms with Crippen molar-refractivity contribution in [1.29, 1.82) is 0 Å². The van der Waals surface area contributed by atoms with E-state index in [9.17, 15) is 32.4 Å². The number of carbonyl (C=O) groups is 2. The number of alkyl halides is 3. The Hall–Kier alpha value is -3.41. The first-order valence-electron chi connectivity index (χ1n) is 8.57. The number of aromatic nitrogens is 1. The minimum Gasteiger partial charge on any atom is -0.478 e. The van der Waals surface area contributed by atoms with Gasteiger partial charge in [-0.1, -0.05) is 22.8 Å². The van der Waals surface area contributed by atoms with E-state index >= 15 is 0 Å². The standard InChI is InChI=1S/C18H13ClF4N4O4/c19-11-6-9(17(29)30)7-24-15(11)27-5-4-26(8-13(27)28)16(25-31)14-10(18(21,22)23)2-1-3-12(14)20/h1-3,6-7,31H,4-5,8H2,(H,29,30)/b25-16-. The van der Waals surface area contributed by atoms with Gasteiger partial charge in [-0.15, -0.1) is 0 Å². The highest BCUT2D eigenvalue weighted by Gasteiger charge is 2.39. The van der Waals surface area contributed by atoms with Crippen LogP contribution >= 0.6 is 11.6 Å². The fourth-order valence-electron chi connectivity index (χ4n) is 3.08. The third-order valence-electron chi connectivity index (χ3n) is 4.48. The maximum atomic E-state index is 14.3. The first kappa shape index (κ1) is 22.3. The highest BCUT2D eigenvalue weighted by Crippen LogP contribution is 2.34. The van der Waals surface area contributed by atoms with Crippen molar-refractivity contribution in [2.24, 2.45) is 5.16 Å². The molecule has 2 N–H and O–H groups in total. The van der Waals surface area contributed by atoms with E-state index in [1.807, 2.05) is 0 Å². The van der Waals surface area contributed by atoms with E-state index in [0.29, 0.717) is 6.07 Å². The SMILES string of the molecule is O=C(O)c1cnc(N2CCN(/C(=N\O)c3c(F)cccc3C(F)(F)F)CC2=O)c(Cl)c1. The van der Waals surface area contributed by atoms with Crippen LogP contribution < -0.4 is 4.90 Å². The molecule has 2 heterocycles. The molecule has 13 heteroatoms. The molecule has 8 nitrogen and oxygen atoms in total. The average molecular weight is 461 g/mol. The quantitative estimate of drug-likeness (QED) is 0.240. The molecule has 1 saturated heterocycles. The van der Waals surface area contributed by atoms with Gasteiger partial charge in [-0.25, -0.2) is 14.2 Å². The van der Waals surface area contributed by atoms with Gasteiger partial charge in [0.05, 0.1) is 28.3 Å². The number of oxime groups is 1. The van der Waals surface area contributed by atoms with E-state index in [-0.39, 0.29) is 29.5 Å². The molecule has 31 heavy (non-hydrogen) atoms. The van der Waals surface area contributed by atoms with E-state index in [1.54, 1.807) is 0 Å².